The predicted molar refractivity (Wildman–Crippen MR) is 75.2 cm³/mol. The Kier molecular flexibility index (Phi) is 9.26. The third-order valence-corrected chi connectivity index (χ3v) is 2.61. The summed E-state index contributed by atoms with van der Waals surface area (Å²) in [4.78, 5) is 37.4. The average molecular weight is 270 g/mol. The van der Waals surface area contributed by atoms with Crippen LogP contribution in [0.15, 0.2) is 0 Å². The van der Waals surface area contributed by atoms with Gasteiger partial charge in [0.15, 0.2) is 0 Å². The van der Waals surface area contributed by atoms with Gasteiger partial charge in [0.25, 0.3) is 0 Å². The molecular weight excluding hydrogens is 244 g/mol. The number of hydrogen-bond acceptors (Lipinski definition) is 5. The molecule has 0 aliphatic carbocycles. The number of hydrogen-bond donors (Lipinski definition) is 0. The molecule has 5 heteroatoms. The molecule has 0 spiro atoms. The highest BCUT2D eigenvalue weighted by Crippen LogP contribution is 1.96. The van der Waals surface area contributed by atoms with Gasteiger partial charge in [-0.3, -0.25) is 24.2 Å². The van der Waals surface area contributed by atoms with E-state index in [0.717, 1.165) is 13.0 Å². The summed E-state index contributed by atoms with van der Waals surface area (Å²) in [5, 5.41) is 0. The highest BCUT2D eigenvalue weighted by atomic mass is 16.1. The van der Waals surface area contributed by atoms with Crippen molar-refractivity contribution in [2.75, 3.05) is 39.3 Å². The fourth-order valence-electron chi connectivity index (χ4n) is 2.03. The first kappa shape index (κ1) is 17.9. The fourth-order valence-corrected chi connectivity index (χ4v) is 2.03. The maximum Gasteiger partial charge on any atom is 0.143 e. The van der Waals surface area contributed by atoms with Crippen LogP contribution >= 0.6 is 0 Å². The van der Waals surface area contributed by atoms with E-state index in [9.17, 15) is 14.4 Å². The number of ketones is 3. The van der Waals surface area contributed by atoms with Crippen LogP contribution in [-0.2, 0) is 14.4 Å². The van der Waals surface area contributed by atoms with E-state index in [2.05, 4.69) is 11.8 Å². The Morgan fingerprint density at radius 2 is 1.05 bits per heavy atom. The zero-order chi connectivity index (χ0) is 14.8. The molecule has 0 atom stereocenters. The summed E-state index contributed by atoms with van der Waals surface area (Å²) in [5.41, 5.74) is 0. The number of carbonyl (C=O) groups is 3. The molecule has 0 bridgehead atoms. The second kappa shape index (κ2) is 9.81. The van der Waals surface area contributed by atoms with E-state index in [1.807, 2.05) is 4.90 Å². The molecule has 0 N–H and O–H groups in total. The van der Waals surface area contributed by atoms with Crippen molar-refractivity contribution in [2.45, 2.75) is 34.1 Å². The molecule has 0 aliphatic rings. The maximum absolute atomic E-state index is 11.2. The molecular formula is C14H26N2O3. The summed E-state index contributed by atoms with van der Waals surface area (Å²) < 4.78 is 0. The number of nitrogens with zero attached hydrogens (tertiary/aromatic N) is 2. The smallest absolute Gasteiger partial charge is 0.143 e. The van der Waals surface area contributed by atoms with Crippen LogP contribution in [0.2, 0.25) is 0 Å². The second-order valence-corrected chi connectivity index (χ2v) is 5.09. The molecule has 0 saturated heterocycles. The van der Waals surface area contributed by atoms with Gasteiger partial charge in [-0.1, -0.05) is 6.92 Å². The van der Waals surface area contributed by atoms with Crippen molar-refractivity contribution >= 4 is 17.3 Å². The Morgan fingerprint density at radius 1 is 0.684 bits per heavy atom. The molecule has 19 heavy (non-hydrogen) atoms. The van der Waals surface area contributed by atoms with Gasteiger partial charge in [-0.2, -0.15) is 0 Å². The molecule has 0 heterocycles. The predicted octanol–water partition coefficient (Wildman–Crippen LogP) is 0.767. The summed E-state index contributed by atoms with van der Waals surface area (Å²) in [7, 11) is 0. The van der Waals surface area contributed by atoms with Crippen molar-refractivity contribution in [1.82, 2.24) is 9.80 Å². The van der Waals surface area contributed by atoms with Gasteiger partial charge in [-0.05, 0) is 33.7 Å². The van der Waals surface area contributed by atoms with Crippen LogP contribution in [0, 0.1) is 0 Å². The molecule has 5 nitrogen and oxygen atoms in total. The number of carbonyl (C=O) groups excluding carboxylic acids is 3. The average Bonchev–Trinajstić information content (AvgIpc) is 2.23. The second-order valence-electron chi connectivity index (χ2n) is 5.09. The van der Waals surface area contributed by atoms with Gasteiger partial charge >= 0.3 is 0 Å². The lowest BCUT2D eigenvalue weighted by atomic mass is 10.3. The Morgan fingerprint density at radius 3 is 1.42 bits per heavy atom. The monoisotopic (exact) mass is 270 g/mol. The van der Waals surface area contributed by atoms with Crippen LogP contribution in [0.4, 0.5) is 0 Å². The SMILES string of the molecule is CCCN(CCN(CC(C)=O)CC(C)=O)CC(C)=O. The Hall–Kier alpha value is -1.07. The Balaban J connectivity index is 4.34. The minimum absolute atomic E-state index is 0.0508. The van der Waals surface area contributed by atoms with Crippen LogP contribution in [0.25, 0.3) is 0 Å². The lowest BCUT2D eigenvalue weighted by Crippen LogP contribution is -2.41. The van der Waals surface area contributed by atoms with E-state index in [1.54, 1.807) is 6.92 Å². The molecule has 0 fully saturated rings. The summed E-state index contributed by atoms with van der Waals surface area (Å²) in [6.45, 7) is 9.88. The topological polar surface area (TPSA) is 57.7 Å². The van der Waals surface area contributed by atoms with Gasteiger partial charge in [0.05, 0.1) is 19.6 Å². The normalized spacial score (nSPS) is 11.1. The van der Waals surface area contributed by atoms with Gasteiger partial charge in [0.2, 0.25) is 0 Å². The van der Waals surface area contributed by atoms with Crippen LogP contribution in [-0.4, -0.2) is 66.4 Å². The lowest BCUT2D eigenvalue weighted by molar-refractivity contribution is -0.122. The van der Waals surface area contributed by atoms with E-state index in [0.29, 0.717) is 32.7 Å². The van der Waals surface area contributed by atoms with Crippen molar-refractivity contribution in [2.24, 2.45) is 0 Å². The highest BCUT2D eigenvalue weighted by Gasteiger charge is 2.13. The molecule has 0 rings (SSSR count). The summed E-state index contributed by atoms with van der Waals surface area (Å²) in [6, 6.07) is 0. The third kappa shape index (κ3) is 10.5. The first-order valence-corrected chi connectivity index (χ1v) is 6.78. The third-order valence-electron chi connectivity index (χ3n) is 2.61. The summed E-state index contributed by atoms with van der Waals surface area (Å²) in [5.74, 6) is 0.239. The van der Waals surface area contributed by atoms with Gasteiger partial charge in [-0.15, -0.1) is 0 Å². The quantitative estimate of drug-likeness (QED) is 0.555. The van der Waals surface area contributed by atoms with Crippen LogP contribution in [0.3, 0.4) is 0 Å². The standard InChI is InChI=1S/C14H26N2O3/c1-5-6-15(9-12(2)17)7-8-16(10-13(3)18)11-14(4)19/h5-11H2,1-4H3. The van der Waals surface area contributed by atoms with E-state index in [-0.39, 0.29) is 17.3 Å². The first-order valence-electron chi connectivity index (χ1n) is 6.78. The maximum atomic E-state index is 11.2. The molecule has 0 unspecified atom stereocenters. The molecule has 0 radical (unpaired) electrons. The zero-order valence-corrected chi connectivity index (χ0v) is 12.6. The van der Waals surface area contributed by atoms with Crippen LogP contribution < -0.4 is 0 Å². The zero-order valence-electron chi connectivity index (χ0n) is 12.6. The first-order chi connectivity index (χ1) is 8.85. The van der Waals surface area contributed by atoms with E-state index in [4.69, 9.17) is 0 Å². The molecule has 0 aromatic carbocycles. The largest absolute Gasteiger partial charge is 0.299 e. The number of Topliss-reactive ketones (excluding diaryl/α,β-unsaturated/α-hetero) is 3. The molecule has 110 valence electrons. The molecule has 0 amide bonds. The van der Waals surface area contributed by atoms with Crippen molar-refractivity contribution in [3.63, 3.8) is 0 Å². The van der Waals surface area contributed by atoms with Crippen molar-refractivity contribution in [1.29, 1.82) is 0 Å². The summed E-state index contributed by atoms with van der Waals surface area (Å²) in [6.07, 6.45) is 0.979. The van der Waals surface area contributed by atoms with E-state index in [1.165, 1.54) is 13.8 Å². The van der Waals surface area contributed by atoms with Gasteiger partial charge in [-0.25, -0.2) is 0 Å². The molecule has 0 aromatic heterocycles. The van der Waals surface area contributed by atoms with Gasteiger partial charge in [0, 0.05) is 13.1 Å². The van der Waals surface area contributed by atoms with E-state index < -0.39 is 0 Å². The van der Waals surface area contributed by atoms with Gasteiger partial charge < -0.3 is 0 Å². The molecule has 0 aromatic rings. The Bertz CT molecular complexity index is 300. The van der Waals surface area contributed by atoms with Gasteiger partial charge in [0.1, 0.15) is 17.3 Å². The van der Waals surface area contributed by atoms with E-state index >= 15 is 0 Å². The minimum Gasteiger partial charge on any atom is -0.299 e. The fraction of sp³-hybridized carbons (Fsp3) is 0.786. The molecule has 0 aliphatic heterocycles. The van der Waals surface area contributed by atoms with Crippen molar-refractivity contribution in [3.05, 3.63) is 0 Å². The van der Waals surface area contributed by atoms with Crippen LogP contribution in [0.1, 0.15) is 34.1 Å². The van der Waals surface area contributed by atoms with Crippen molar-refractivity contribution < 1.29 is 14.4 Å². The molecule has 0 saturated carbocycles. The summed E-state index contributed by atoms with van der Waals surface area (Å²) >= 11 is 0. The Labute approximate surface area is 115 Å². The number of rotatable bonds is 11. The lowest BCUT2D eigenvalue weighted by Gasteiger charge is -2.25. The van der Waals surface area contributed by atoms with Crippen LogP contribution in [0.5, 0.6) is 0 Å². The minimum atomic E-state index is 0.0508. The highest BCUT2D eigenvalue weighted by molar-refractivity contribution is 5.80. The van der Waals surface area contributed by atoms with Crippen molar-refractivity contribution in [3.8, 4) is 0 Å².